The Labute approximate surface area is 283 Å². The van der Waals surface area contributed by atoms with Crippen molar-refractivity contribution in [3.8, 4) is 0 Å². The van der Waals surface area contributed by atoms with Gasteiger partial charge in [-0.1, -0.05) is 35.9 Å². The van der Waals surface area contributed by atoms with Gasteiger partial charge in [0.25, 0.3) is 0 Å². The lowest BCUT2D eigenvalue weighted by Crippen LogP contribution is -2.57. The molecule has 6 rings (SSSR count). The summed E-state index contributed by atoms with van der Waals surface area (Å²) in [6.07, 6.45) is 7.00. The molecule has 4 aliphatic heterocycles. The normalized spacial score (nSPS) is 21.2. The van der Waals surface area contributed by atoms with E-state index in [1.165, 1.54) is 12.8 Å². The van der Waals surface area contributed by atoms with Crippen LogP contribution in [0.25, 0.3) is 0 Å². The predicted octanol–water partition coefficient (Wildman–Crippen LogP) is 4.99. The predicted molar refractivity (Wildman–Crippen MR) is 187 cm³/mol. The molecule has 0 saturated carbocycles. The molecule has 4 aliphatic rings. The van der Waals surface area contributed by atoms with Crippen molar-refractivity contribution >= 4 is 40.9 Å². The number of hydrogen-bond donors (Lipinski definition) is 3. The summed E-state index contributed by atoms with van der Waals surface area (Å²) in [6, 6.07) is 10.7. The van der Waals surface area contributed by atoms with E-state index in [0.29, 0.717) is 55.5 Å². The topological polar surface area (TPSA) is 114 Å². The highest BCUT2D eigenvalue weighted by atomic mass is 35.5. The van der Waals surface area contributed by atoms with E-state index >= 15 is 0 Å². The highest BCUT2D eigenvalue weighted by Crippen LogP contribution is 2.33. The van der Waals surface area contributed by atoms with E-state index in [-0.39, 0.29) is 24.0 Å². The molecule has 0 aromatic heterocycles. The second kappa shape index (κ2) is 14.7. The molecular formula is C36H50ClN7O3. The lowest BCUT2D eigenvalue weighted by atomic mass is 9.79. The Balaban J connectivity index is 1.08. The summed E-state index contributed by atoms with van der Waals surface area (Å²) < 4.78 is 0. The molecule has 3 saturated heterocycles. The molecule has 0 unspecified atom stereocenters. The van der Waals surface area contributed by atoms with Gasteiger partial charge in [-0.15, -0.1) is 0 Å². The Morgan fingerprint density at radius 1 is 0.936 bits per heavy atom. The Bertz CT molecular complexity index is 1420. The maximum atomic E-state index is 14.1. The third-order valence-corrected chi connectivity index (χ3v) is 11.4. The third-order valence-electron chi connectivity index (χ3n) is 11.0. The van der Waals surface area contributed by atoms with Gasteiger partial charge >= 0.3 is 12.1 Å². The van der Waals surface area contributed by atoms with Gasteiger partial charge in [-0.25, -0.2) is 9.59 Å². The molecule has 47 heavy (non-hydrogen) atoms. The molecular weight excluding hydrogens is 614 g/mol. The van der Waals surface area contributed by atoms with Crippen molar-refractivity contribution in [3.05, 3.63) is 58.1 Å². The van der Waals surface area contributed by atoms with Crippen LogP contribution >= 0.6 is 11.6 Å². The lowest BCUT2D eigenvalue weighted by molar-refractivity contribution is -0.135. The number of likely N-dealkylation sites (tertiary alicyclic amines) is 3. The van der Waals surface area contributed by atoms with Gasteiger partial charge in [0.15, 0.2) is 0 Å². The molecule has 3 fully saturated rings. The number of carbonyl (C=O) groups is 3. The first-order valence-electron chi connectivity index (χ1n) is 17.4. The summed E-state index contributed by atoms with van der Waals surface area (Å²) in [5, 5.41) is 6.63. The molecule has 4 N–H and O–H groups in total. The van der Waals surface area contributed by atoms with E-state index in [2.05, 4.69) is 28.6 Å². The van der Waals surface area contributed by atoms with E-state index in [1.54, 1.807) is 11.0 Å². The molecule has 10 nitrogen and oxygen atoms in total. The van der Waals surface area contributed by atoms with E-state index < -0.39 is 6.04 Å². The third kappa shape index (κ3) is 7.81. The Hall–Kier alpha value is -3.50. The number of piperidine rings is 3. The van der Waals surface area contributed by atoms with Crippen LogP contribution in [0.3, 0.4) is 0 Å². The van der Waals surface area contributed by atoms with Crippen molar-refractivity contribution in [1.82, 2.24) is 24.9 Å². The number of anilines is 2. The van der Waals surface area contributed by atoms with Crippen molar-refractivity contribution in [2.45, 2.75) is 70.4 Å². The summed E-state index contributed by atoms with van der Waals surface area (Å²) in [5.41, 5.74) is 10.4. The number of urea groups is 2. The number of carbonyl (C=O) groups excluding carboxylic acids is 3. The Kier molecular flexibility index (Phi) is 10.5. The van der Waals surface area contributed by atoms with E-state index in [4.69, 9.17) is 17.3 Å². The van der Waals surface area contributed by atoms with Gasteiger partial charge < -0.3 is 36.0 Å². The minimum atomic E-state index is -0.714. The maximum absolute atomic E-state index is 14.1. The maximum Gasteiger partial charge on any atom is 0.322 e. The largest absolute Gasteiger partial charge is 0.397 e. The van der Waals surface area contributed by atoms with E-state index in [0.717, 1.165) is 73.7 Å². The zero-order valence-corrected chi connectivity index (χ0v) is 28.6. The number of aryl methyl sites for hydroxylation is 1. The molecule has 2 aromatic rings. The highest BCUT2D eigenvalue weighted by molar-refractivity contribution is 6.33. The van der Waals surface area contributed by atoms with Crippen LogP contribution in [0, 0.1) is 18.8 Å². The first-order chi connectivity index (χ1) is 22.7. The van der Waals surface area contributed by atoms with Crippen LogP contribution in [0.5, 0.6) is 0 Å². The van der Waals surface area contributed by atoms with Crippen molar-refractivity contribution in [1.29, 1.82) is 0 Å². The van der Waals surface area contributed by atoms with E-state index in [1.807, 2.05) is 41.0 Å². The van der Waals surface area contributed by atoms with Crippen LogP contribution < -0.4 is 16.4 Å². The number of benzene rings is 2. The number of rotatable bonds is 6. The molecule has 2 aromatic carbocycles. The average molecular weight is 664 g/mol. The number of para-hydroxylation sites is 1. The van der Waals surface area contributed by atoms with Crippen LogP contribution in [0.4, 0.5) is 21.0 Å². The van der Waals surface area contributed by atoms with Crippen molar-refractivity contribution in [2.75, 3.05) is 63.9 Å². The van der Waals surface area contributed by atoms with Gasteiger partial charge in [0, 0.05) is 50.9 Å². The van der Waals surface area contributed by atoms with Crippen LogP contribution in [0.1, 0.15) is 55.2 Å². The van der Waals surface area contributed by atoms with Crippen LogP contribution in [-0.2, 0) is 17.6 Å². The minimum absolute atomic E-state index is 0.0403. The van der Waals surface area contributed by atoms with Crippen LogP contribution in [-0.4, -0.2) is 103 Å². The lowest BCUT2D eigenvalue weighted by Gasteiger charge is -2.41. The minimum Gasteiger partial charge on any atom is -0.397 e. The fourth-order valence-corrected chi connectivity index (χ4v) is 8.34. The molecule has 0 radical (unpaired) electrons. The van der Waals surface area contributed by atoms with Gasteiger partial charge in [0.2, 0.25) is 5.91 Å². The summed E-state index contributed by atoms with van der Waals surface area (Å²) in [5.74, 6) is 1.35. The first kappa shape index (κ1) is 33.4. The summed E-state index contributed by atoms with van der Waals surface area (Å²) in [7, 11) is 2.19. The van der Waals surface area contributed by atoms with Gasteiger partial charge in [-0.3, -0.25) is 4.79 Å². The average Bonchev–Trinajstić information content (AvgIpc) is 3.25. The monoisotopic (exact) mass is 663 g/mol. The fraction of sp³-hybridized carbons (Fsp3) is 0.583. The number of hydrogen-bond acceptors (Lipinski definition) is 5. The van der Waals surface area contributed by atoms with Crippen molar-refractivity contribution in [2.24, 2.45) is 11.8 Å². The smallest absolute Gasteiger partial charge is 0.322 e. The Morgan fingerprint density at radius 3 is 2.26 bits per heavy atom. The number of nitrogen functional groups attached to an aromatic ring is 1. The second-order valence-electron chi connectivity index (χ2n) is 14.1. The zero-order chi connectivity index (χ0) is 33.1. The zero-order valence-electron chi connectivity index (χ0n) is 27.8. The van der Waals surface area contributed by atoms with Crippen LogP contribution in [0.2, 0.25) is 5.02 Å². The number of nitrogens with two attached hydrogens (primary N) is 1. The van der Waals surface area contributed by atoms with Crippen LogP contribution in [0.15, 0.2) is 36.4 Å². The van der Waals surface area contributed by atoms with Crippen molar-refractivity contribution in [3.63, 3.8) is 0 Å². The molecule has 0 bridgehead atoms. The number of amides is 5. The molecule has 5 amide bonds. The molecule has 0 aliphatic carbocycles. The first-order valence-corrected chi connectivity index (χ1v) is 17.8. The molecule has 11 heteroatoms. The number of halogens is 1. The number of nitrogens with one attached hydrogen (secondary N) is 2. The SMILES string of the molecule is Cc1cc(C[C@@H](NC(=O)N2CCC(N3CCc4ccccc4NC3=O)CC2)C(=O)N2CCC(C3CCN(C)CC3)CC2)cc(Cl)c1N. The summed E-state index contributed by atoms with van der Waals surface area (Å²) in [6.45, 7) is 7.33. The van der Waals surface area contributed by atoms with E-state index in [9.17, 15) is 14.4 Å². The quantitative estimate of drug-likeness (QED) is 0.377. The van der Waals surface area contributed by atoms with Crippen molar-refractivity contribution < 1.29 is 14.4 Å². The fourth-order valence-electron chi connectivity index (χ4n) is 8.05. The van der Waals surface area contributed by atoms with Gasteiger partial charge in [-0.05, 0) is 113 Å². The second-order valence-corrected chi connectivity index (χ2v) is 14.5. The summed E-state index contributed by atoms with van der Waals surface area (Å²) in [4.78, 5) is 48.9. The molecule has 4 heterocycles. The van der Waals surface area contributed by atoms with Gasteiger partial charge in [0.05, 0.1) is 10.7 Å². The Morgan fingerprint density at radius 2 is 1.57 bits per heavy atom. The standard InChI is InChI=1S/C36H50ClN7O3/c1-24-21-25(22-30(37)33(24)38)23-32(34(45)42-16-9-27(10-17-42)26-7-14-41(2)15-8-26)40-35(46)43-18-12-29(13-19-43)44-20-11-28-5-3-4-6-31(28)39-36(44)47/h3-6,21-22,26-27,29,32H,7-20,23,38H2,1-2H3,(H,39,47)(H,40,46)/t32-/m1/s1. The van der Waals surface area contributed by atoms with Gasteiger partial charge in [-0.2, -0.15) is 0 Å². The summed E-state index contributed by atoms with van der Waals surface area (Å²) >= 11 is 6.43. The highest BCUT2D eigenvalue weighted by Gasteiger charge is 2.36. The molecule has 254 valence electrons. The molecule has 1 atom stereocenters. The molecule has 0 spiro atoms. The number of nitrogens with zero attached hydrogens (tertiary/aromatic N) is 4. The number of fused-ring (bicyclic) bond motifs is 1. The van der Waals surface area contributed by atoms with Gasteiger partial charge in [0.1, 0.15) is 6.04 Å².